The number of carbonyl (C=O) groups is 2. The Hall–Kier alpha value is -3.02. The normalized spacial score (nSPS) is 17.8. The Bertz CT molecular complexity index is 987. The molecule has 180 valence electrons. The number of hydrogen-bond donors (Lipinski definition) is 2. The number of hydrogen-bond acceptors (Lipinski definition) is 6. The van der Waals surface area contributed by atoms with Gasteiger partial charge in [-0.3, -0.25) is 9.59 Å². The fraction of sp³-hybridized carbons (Fsp3) is 0.571. The smallest absolute Gasteiger partial charge is 0.350 e. The minimum atomic E-state index is -4.55. The maximum absolute atomic E-state index is 13.2. The van der Waals surface area contributed by atoms with Gasteiger partial charge in [0.2, 0.25) is 11.8 Å². The predicted molar refractivity (Wildman–Crippen MR) is 113 cm³/mol. The first-order valence-electron chi connectivity index (χ1n) is 10.6. The number of nitrogens with zero attached hydrogens (tertiary/aromatic N) is 5. The van der Waals surface area contributed by atoms with Gasteiger partial charge in [-0.1, -0.05) is 20.8 Å². The lowest BCUT2D eigenvalue weighted by molar-refractivity contribution is -0.140. The molecule has 0 saturated carbocycles. The molecule has 9 nitrogen and oxygen atoms in total. The summed E-state index contributed by atoms with van der Waals surface area (Å²) >= 11 is 0. The van der Waals surface area contributed by atoms with E-state index in [-0.39, 0.29) is 29.1 Å². The van der Waals surface area contributed by atoms with Gasteiger partial charge in [-0.15, -0.1) is 15.0 Å². The van der Waals surface area contributed by atoms with E-state index >= 15 is 0 Å². The number of carbonyl (C=O) groups excluding carboxylic acids is 2. The van der Waals surface area contributed by atoms with Crippen molar-refractivity contribution < 1.29 is 22.8 Å². The molecule has 1 aliphatic rings. The lowest BCUT2D eigenvalue weighted by Crippen LogP contribution is -2.51. The number of nitrogens with one attached hydrogen (secondary N) is 1. The minimum Gasteiger partial charge on any atom is -0.350 e. The molecule has 2 aromatic rings. The predicted octanol–water partition coefficient (Wildman–Crippen LogP) is 2.05. The van der Waals surface area contributed by atoms with Crippen molar-refractivity contribution in [3.05, 3.63) is 35.7 Å². The molecule has 0 radical (unpaired) electrons. The molecule has 3 N–H and O–H groups in total. The van der Waals surface area contributed by atoms with Crippen LogP contribution in [0.15, 0.2) is 24.5 Å². The third kappa shape index (κ3) is 6.06. The summed E-state index contributed by atoms with van der Waals surface area (Å²) in [6, 6.07) is 1.63. The maximum Gasteiger partial charge on any atom is 0.416 e. The largest absolute Gasteiger partial charge is 0.416 e. The zero-order valence-corrected chi connectivity index (χ0v) is 18.8. The van der Waals surface area contributed by atoms with Gasteiger partial charge in [0.05, 0.1) is 17.3 Å². The van der Waals surface area contributed by atoms with E-state index in [0.29, 0.717) is 25.8 Å². The van der Waals surface area contributed by atoms with Crippen LogP contribution >= 0.6 is 0 Å². The van der Waals surface area contributed by atoms with Gasteiger partial charge >= 0.3 is 6.18 Å². The summed E-state index contributed by atoms with van der Waals surface area (Å²) in [5, 5.41) is 13.8. The summed E-state index contributed by atoms with van der Waals surface area (Å²) in [4.78, 5) is 28.3. The van der Waals surface area contributed by atoms with Crippen molar-refractivity contribution in [3.8, 4) is 5.69 Å². The number of amides is 2. The Kier molecular flexibility index (Phi) is 7.06. The second-order valence-electron chi connectivity index (χ2n) is 9.35. The topological polar surface area (TPSA) is 119 Å². The fourth-order valence-electron chi connectivity index (χ4n) is 3.94. The van der Waals surface area contributed by atoms with Crippen LogP contribution < -0.4 is 11.1 Å². The number of nitrogens with two attached hydrogens (primary N) is 1. The number of tetrazole rings is 1. The van der Waals surface area contributed by atoms with Crippen molar-refractivity contribution >= 4 is 11.8 Å². The van der Waals surface area contributed by atoms with E-state index in [1.165, 1.54) is 11.0 Å². The molecule has 3 rings (SSSR count). The van der Waals surface area contributed by atoms with E-state index in [1.54, 1.807) is 0 Å². The first-order valence-corrected chi connectivity index (χ1v) is 10.6. The maximum atomic E-state index is 13.2. The van der Waals surface area contributed by atoms with Gasteiger partial charge in [-0.25, -0.2) is 0 Å². The number of halogens is 3. The number of aromatic nitrogens is 4. The second-order valence-corrected chi connectivity index (χ2v) is 9.35. The van der Waals surface area contributed by atoms with E-state index in [1.807, 2.05) is 20.8 Å². The minimum absolute atomic E-state index is 0.151. The Balaban J connectivity index is 1.75. The first kappa shape index (κ1) is 24.6. The van der Waals surface area contributed by atoms with Gasteiger partial charge < -0.3 is 16.0 Å². The lowest BCUT2D eigenvalue weighted by Gasteiger charge is -2.29. The lowest BCUT2D eigenvalue weighted by atomic mass is 9.88. The third-order valence-corrected chi connectivity index (χ3v) is 5.41. The van der Waals surface area contributed by atoms with Crippen LogP contribution in [0.2, 0.25) is 0 Å². The van der Waals surface area contributed by atoms with Crippen LogP contribution in [0.25, 0.3) is 5.69 Å². The molecule has 33 heavy (non-hydrogen) atoms. The molecule has 2 unspecified atom stereocenters. The second kappa shape index (κ2) is 9.46. The summed E-state index contributed by atoms with van der Waals surface area (Å²) in [6.45, 7) is 6.14. The molecule has 2 heterocycles. The summed E-state index contributed by atoms with van der Waals surface area (Å²) in [5.74, 6) is -0.743. The third-order valence-electron chi connectivity index (χ3n) is 5.41. The highest BCUT2D eigenvalue weighted by Crippen LogP contribution is 2.31. The van der Waals surface area contributed by atoms with Crippen molar-refractivity contribution in [3.63, 3.8) is 0 Å². The van der Waals surface area contributed by atoms with Crippen molar-refractivity contribution in [1.29, 1.82) is 0 Å². The number of rotatable bonds is 6. The van der Waals surface area contributed by atoms with Gasteiger partial charge in [-0.05, 0) is 53.7 Å². The molecular weight excluding hydrogens is 439 g/mol. The summed E-state index contributed by atoms with van der Waals surface area (Å²) in [5.41, 5.74) is 5.50. The highest BCUT2D eigenvalue weighted by atomic mass is 19.4. The Morgan fingerprint density at radius 3 is 2.61 bits per heavy atom. The van der Waals surface area contributed by atoms with Gasteiger partial charge in [0.25, 0.3) is 0 Å². The molecule has 0 spiro atoms. The molecule has 1 aromatic heterocycles. The van der Waals surface area contributed by atoms with Crippen LogP contribution in [-0.4, -0.2) is 55.5 Å². The molecule has 12 heteroatoms. The van der Waals surface area contributed by atoms with Gasteiger partial charge in [0.1, 0.15) is 6.04 Å². The van der Waals surface area contributed by atoms with Crippen molar-refractivity contribution in [2.45, 2.75) is 64.8 Å². The van der Waals surface area contributed by atoms with Gasteiger partial charge in [-0.2, -0.15) is 13.2 Å². The summed E-state index contributed by atoms with van der Waals surface area (Å²) in [7, 11) is 0. The highest BCUT2D eigenvalue weighted by molar-refractivity contribution is 5.90. The zero-order valence-electron chi connectivity index (χ0n) is 18.8. The van der Waals surface area contributed by atoms with Crippen LogP contribution in [0.1, 0.15) is 51.2 Å². The van der Waals surface area contributed by atoms with Crippen molar-refractivity contribution in [1.82, 2.24) is 30.4 Å². The molecule has 0 bridgehead atoms. The van der Waals surface area contributed by atoms with E-state index in [2.05, 4.69) is 20.7 Å². The van der Waals surface area contributed by atoms with E-state index in [0.717, 1.165) is 23.3 Å². The molecule has 2 atom stereocenters. The number of benzene rings is 1. The van der Waals surface area contributed by atoms with Crippen LogP contribution in [0, 0.1) is 5.41 Å². The van der Waals surface area contributed by atoms with E-state index < -0.39 is 29.7 Å². The molecule has 0 aliphatic carbocycles. The highest BCUT2D eigenvalue weighted by Gasteiger charge is 2.37. The van der Waals surface area contributed by atoms with Crippen LogP contribution in [0.5, 0.6) is 0 Å². The molecule has 1 aliphatic heterocycles. The fourth-order valence-corrected chi connectivity index (χ4v) is 3.94. The SMILES string of the molecule is CC(C)(C)CC(N)C(=O)N1CCCC1C(=O)NCc1cc(C(F)(F)F)ccc1-n1ncnn1. The quantitative estimate of drug-likeness (QED) is 0.671. The summed E-state index contributed by atoms with van der Waals surface area (Å²) < 4.78 is 39.7. The average Bonchev–Trinajstić information content (AvgIpc) is 3.41. The number of alkyl halides is 3. The zero-order chi connectivity index (χ0) is 24.4. The van der Waals surface area contributed by atoms with Crippen LogP contribution in [-0.2, 0) is 22.3 Å². The first-order chi connectivity index (χ1) is 15.4. The van der Waals surface area contributed by atoms with Gasteiger partial charge in [0, 0.05) is 13.1 Å². The van der Waals surface area contributed by atoms with Gasteiger partial charge in [0.15, 0.2) is 6.33 Å². The van der Waals surface area contributed by atoms with E-state index in [9.17, 15) is 22.8 Å². The Morgan fingerprint density at radius 1 is 1.27 bits per heavy atom. The standard InChI is InChI=1S/C21H28F3N7O2/c1-20(2,3)10-15(25)19(33)30-8-4-5-17(30)18(32)26-11-13-9-14(21(22,23)24)6-7-16(13)31-28-12-27-29-31/h6-7,9,12,15,17H,4-5,8,10-11,25H2,1-3H3,(H,26,32). The molecule has 2 amide bonds. The monoisotopic (exact) mass is 467 g/mol. The van der Waals surface area contributed by atoms with Crippen molar-refractivity contribution in [2.24, 2.45) is 11.1 Å². The Morgan fingerprint density at radius 2 is 2.00 bits per heavy atom. The molecule has 1 aromatic carbocycles. The van der Waals surface area contributed by atoms with Crippen molar-refractivity contribution in [2.75, 3.05) is 6.54 Å². The average molecular weight is 467 g/mol. The molecular formula is C21H28F3N7O2. The van der Waals surface area contributed by atoms with Crippen LogP contribution in [0.4, 0.5) is 13.2 Å². The summed E-state index contributed by atoms with van der Waals surface area (Å²) in [6.07, 6.45) is -1.83. The van der Waals surface area contributed by atoms with E-state index in [4.69, 9.17) is 5.73 Å². The Labute approximate surface area is 189 Å². The molecule has 1 fully saturated rings. The molecule has 1 saturated heterocycles. The van der Waals surface area contributed by atoms with Crippen LogP contribution in [0.3, 0.4) is 0 Å². The number of likely N-dealkylation sites (tertiary alicyclic amines) is 1.